The van der Waals surface area contributed by atoms with Crippen molar-refractivity contribution in [2.75, 3.05) is 7.11 Å². The minimum absolute atomic E-state index is 0.118. The number of nitriles is 1. The van der Waals surface area contributed by atoms with Crippen LogP contribution in [-0.2, 0) is 6.42 Å². The van der Waals surface area contributed by atoms with Crippen LogP contribution in [0.4, 0.5) is 0 Å². The number of fused-ring (bicyclic) bond motifs is 1. The first-order valence-electron chi connectivity index (χ1n) is 9.44. The van der Waals surface area contributed by atoms with Gasteiger partial charge < -0.3 is 9.84 Å². The number of hydrogen-bond donors (Lipinski definition) is 1. The predicted octanol–water partition coefficient (Wildman–Crippen LogP) is 4.50. The number of aliphatic imine (C=N–C) groups is 1. The van der Waals surface area contributed by atoms with Crippen molar-refractivity contribution in [2.24, 2.45) is 10.4 Å². The predicted molar refractivity (Wildman–Crippen MR) is 106 cm³/mol. The van der Waals surface area contributed by atoms with Crippen molar-refractivity contribution in [3.05, 3.63) is 53.6 Å². The molecule has 2 aliphatic carbocycles. The molecule has 0 aliphatic heterocycles. The van der Waals surface area contributed by atoms with Gasteiger partial charge in [0, 0.05) is 11.0 Å². The van der Waals surface area contributed by atoms with Gasteiger partial charge in [-0.15, -0.1) is 0 Å². The molecule has 1 saturated carbocycles. The summed E-state index contributed by atoms with van der Waals surface area (Å²) in [5.74, 6) is 0.824. The lowest BCUT2D eigenvalue weighted by atomic mass is 9.66. The Morgan fingerprint density at radius 2 is 1.81 bits per heavy atom. The zero-order valence-electron chi connectivity index (χ0n) is 15.8. The third kappa shape index (κ3) is 3.13. The fourth-order valence-corrected chi connectivity index (χ4v) is 4.58. The standard InChI is InChI=1S/C23H24N2O2/c1-22(26)8-10-23(11-9-22)14-18-7-6-17(13-20(18)21(23)25-15-24)16-4-3-5-19(12-16)27-2/h3-7,12-13,26H,8-11,14H2,1-2H3/b25-21+/t22-,23-. The van der Waals surface area contributed by atoms with Crippen LogP contribution in [0.2, 0.25) is 0 Å². The fraction of sp³-hybridized carbons (Fsp3) is 0.391. The molecular weight excluding hydrogens is 336 g/mol. The summed E-state index contributed by atoms with van der Waals surface area (Å²) in [6.07, 6.45) is 6.14. The van der Waals surface area contributed by atoms with Crippen LogP contribution in [0, 0.1) is 16.9 Å². The second kappa shape index (κ2) is 6.51. The second-order valence-corrected chi connectivity index (χ2v) is 8.12. The van der Waals surface area contributed by atoms with Crippen LogP contribution in [-0.4, -0.2) is 23.5 Å². The third-order valence-corrected chi connectivity index (χ3v) is 6.25. The average Bonchev–Trinajstić information content (AvgIpc) is 2.98. The van der Waals surface area contributed by atoms with Crippen LogP contribution in [0.1, 0.15) is 43.7 Å². The van der Waals surface area contributed by atoms with Crippen LogP contribution in [0.5, 0.6) is 5.75 Å². The zero-order valence-corrected chi connectivity index (χ0v) is 15.8. The Morgan fingerprint density at radius 3 is 2.52 bits per heavy atom. The second-order valence-electron chi connectivity index (χ2n) is 8.12. The van der Waals surface area contributed by atoms with Gasteiger partial charge in [-0.1, -0.05) is 24.3 Å². The third-order valence-electron chi connectivity index (χ3n) is 6.25. The van der Waals surface area contributed by atoms with Gasteiger partial charge in [0.1, 0.15) is 5.75 Å². The highest BCUT2D eigenvalue weighted by Gasteiger charge is 2.47. The number of aliphatic hydroxyl groups is 1. The molecule has 0 saturated heterocycles. The van der Waals surface area contributed by atoms with Gasteiger partial charge in [0.05, 0.1) is 18.4 Å². The Hall–Kier alpha value is -2.64. The van der Waals surface area contributed by atoms with Crippen LogP contribution in [0.15, 0.2) is 47.5 Å². The molecule has 2 aromatic carbocycles. The van der Waals surface area contributed by atoms with E-state index in [-0.39, 0.29) is 5.41 Å². The molecular formula is C23H24N2O2. The quantitative estimate of drug-likeness (QED) is 0.802. The first kappa shape index (κ1) is 17.8. The number of methoxy groups -OCH3 is 1. The van der Waals surface area contributed by atoms with E-state index in [4.69, 9.17) is 4.74 Å². The molecule has 2 aromatic rings. The van der Waals surface area contributed by atoms with Gasteiger partial charge in [-0.2, -0.15) is 10.3 Å². The molecule has 2 aliphatic rings. The Bertz CT molecular complexity index is 943. The lowest BCUT2D eigenvalue weighted by molar-refractivity contribution is -0.00155. The Kier molecular flexibility index (Phi) is 4.28. The summed E-state index contributed by atoms with van der Waals surface area (Å²) >= 11 is 0. The molecule has 0 heterocycles. The highest BCUT2D eigenvalue weighted by Crippen LogP contribution is 2.50. The molecule has 4 nitrogen and oxygen atoms in total. The van der Waals surface area contributed by atoms with Gasteiger partial charge in [0.25, 0.3) is 0 Å². The van der Waals surface area contributed by atoms with E-state index < -0.39 is 5.60 Å². The normalized spacial score (nSPS) is 28.1. The minimum atomic E-state index is -0.608. The van der Waals surface area contributed by atoms with E-state index in [1.54, 1.807) is 7.11 Å². The van der Waals surface area contributed by atoms with Crippen LogP contribution in [0.3, 0.4) is 0 Å². The summed E-state index contributed by atoms with van der Waals surface area (Å²) < 4.78 is 5.35. The minimum Gasteiger partial charge on any atom is -0.497 e. The van der Waals surface area contributed by atoms with Crippen molar-refractivity contribution in [3.63, 3.8) is 0 Å². The summed E-state index contributed by atoms with van der Waals surface area (Å²) in [4.78, 5) is 4.27. The Balaban J connectivity index is 1.75. The first-order valence-corrected chi connectivity index (χ1v) is 9.44. The van der Waals surface area contributed by atoms with Gasteiger partial charge in [-0.3, -0.25) is 0 Å². The molecule has 0 atom stereocenters. The highest BCUT2D eigenvalue weighted by molar-refractivity contribution is 6.10. The largest absolute Gasteiger partial charge is 0.497 e. The molecule has 4 rings (SSSR count). The SMILES string of the molecule is COc1cccc(-c2ccc3c(c2)/C(=N\C#N)[C@]2(CC[C@](C)(O)CC2)C3)c1. The lowest BCUT2D eigenvalue weighted by Crippen LogP contribution is -2.40. The van der Waals surface area contributed by atoms with E-state index in [1.807, 2.05) is 31.3 Å². The monoisotopic (exact) mass is 360 g/mol. The molecule has 0 amide bonds. The summed E-state index contributed by atoms with van der Waals surface area (Å²) in [5, 5.41) is 19.7. The van der Waals surface area contributed by atoms with Crippen LogP contribution >= 0.6 is 0 Å². The van der Waals surface area contributed by atoms with Crippen molar-refractivity contribution in [2.45, 2.75) is 44.6 Å². The van der Waals surface area contributed by atoms with Crippen molar-refractivity contribution >= 4 is 5.71 Å². The van der Waals surface area contributed by atoms with Gasteiger partial charge in [-0.25, -0.2) is 0 Å². The molecule has 0 bridgehead atoms. The van der Waals surface area contributed by atoms with Crippen molar-refractivity contribution in [1.29, 1.82) is 5.26 Å². The zero-order chi connectivity index (χ0) is 19.1. The first-order chi connectivity index (χ1) is 13.0. The van der Waals surface area contributed by atoms with Gasteiger partial charge >= 0.3 is 0 Å². The number of nitrogens with zero attached hydrogens (tertiary/aromatic N) is 2. The molecule has 1 fully saturated rings. The number of ether oxygens (including phenoxy) is 1. The van der Waals surface area contributed by atoms with Gasteiger partial charge in [0.15, 0.2) is 0 Å². The van der Waals surface area contributed by atoms with Crippen LogP contribution in [0.25, 0.3) is 11.1 Å². The molecule has 138 valence electrons. The van der Waals surface area contributed by atoms with Crippen molar-refractivity contribution in [1.82, 2.24) is 0 Å². The number of rotatable bonds is 2. The maximum absolute atomic E-state index is 10.4. The van der Waals surface area contributed by atoms with Crippen molar-refractivity contribution in [3.8, 4) is 23.1 Å². The van der Waals surface area contributed by atoms with E-state index in [1.165, 1.54) is 5.56 Å². The highest BCUT2D eigenvalue weighted by atomic mass is 16.5. The van der Waals surface area contributed by atoms with E-state index in [0.717, 1.165) is 60.3 Å². The average molecular weight is 360 g/mol. The van der Waals surface area contributed by atoms with Crippen LogP contribution < -0.4 is 4.74 Å². The van der Waals surface area contributed by atoms with Gasteiger partial charge in [-0.05, 0) is 73.9 Å². The molecule has 27 heavy (non-hydrogen) atoms. The number of hydrogen-bond acceptors (Lipinski definition) is 4. The van der Waals surface area contributed by atoms with E-state index in [9.17, 15) is 10.4 Å². The molecule has 1 N–H and O–H groups in total. The lowest BCUT2D eigenvalue weighted by Gasteiger charge is -2.40. The van der Waals surface area contributed by atoms with Gasteiger partial charge in [0.2, 0.25) is 6.19 Å². The maximum Gasteiger partial charge on any atom is 0.205 e. The fourth-order valence-electron chi connectivity index (χ4n) is 4.58. The molecule has 0 unspecified atom stereocenters. The molecule has 1 spiro atoms. The summed E-state index contributed by atoms with van der Waals surface area (Å²) in [6, 6.07) is 14.5. The topological polar surface area (TPSA) is 65.6 Å². The Morgan fingerprint density at radius 1 is 1.07 bits per heavy atom. The Labute approximate surface area is 160 Å². The summed E-state index contributed by atoms with van der Waals surface area (Å²) in [7, 11) is 1.67. The smallest absolute Gasteiger partial charge is 0.205 e. The molecule has 0 radical (unpaired) electrons. The molecule has 0 aromatic heterocycles. The summed E-state index contributed by atoms with van der Waals surface area (Å²) in [6.45, 7) is 1.91. The van der Waals surface area contributed by atoms with E-state index in [2.05, 4.69) is 29.3 Å². The number of benzene rings is 2. The summed E-state index contributed by atoms with van der Waals surface area (Å²) in [5.41, 5.74) is 4.69. The van der Waals surface area contributed by atoms with Crippen molar-refractivity contribution < 1.29 is 9.84 Å². The van der Waals surface area contributed by atoms with E-state index in [0.29, 0.717) is 0 Å². The van der Waals surface area contributed by atoms with E-state index >= 15 is 0 Å². The molecule has 4 heteroatoms. The maximum atomic E-state index is 10.4.